The van der Waals surface area contributed by atoms with Crippen LogP contribution in [0.3, 0.4) is 0 Å². The van der Waals surface area contributed by atoms with Crippen LogP contribution in [0.1, 0.15) is 53.4 Å². The molecule has 0 radical (unpaired) electrons. The van der Waals surface area contributed by atoms with Crippen LogP contribution in [0.25, 0.3) is 0 Å². The normalized spacial score (nSPS) is 29.0. The van der Waals surface area contributed by atoms with E-state index in [2.05, 4.69) is 33.0 Å². The van der Waals surface area contributed by atoms with Gasteiger partial charge < -0.3 is 10.1 Å². The monoisotopic (exact) mass is 213 g/mol. The molecule has 1 aliphatic rings. The first-order chi connectivity index (χ1) is 6.98. The molecule has 0 aromatic heterocycles. The maximum absolute atomic E-state index is 6.05. The fraction of sp³-hybridized carbons (Fsp3) is 1.00. The summed E-state index contributed by atoms with van der Waals surface area (Å²) in [4.78, 5) is 0. The molecule has 3 atom stereocenters. The second-order valence-electron chi connectivity index (χ2n) is 5.52. The molecular formula is C13H27NO. The van der Waals surface area contributed by atoms with Gasteiger partial charge in [-0.3, -0.25) is 0 Å². The van der Waals surface area contributed by atoms with E-state index in [0.717, 1.165) is 5.92 Å². The number of hydrogen-bond acceptors (Lipinski definition) is 2. The van der Waals surface area contributed by atoms with Gasteiger partial charge in [0, 0.05) is 6.04 Å². The molecule has 2 heteroatoms. The van der Waals surface area contributed by atoms with E-state index in [4.69, 9.17) is 4.74 Å². The van der Waals surface area contributed by atoms with Gasteiger partial charge in [-0.05, 0) is 53.0 Å². The lowest BCUT2D eigenvalue weighted by Crippen LogP contribution is -2.33. The van der Waals surface area contributed by atoms with E-state index in [1.807, 2.05) is 7.05 Å². The van der Waals surface area contributed by atoms with E-state index in [1.54, 1.807) is 0 Å². The summed E-state index contributed by atoms with van der Waals surface area (Å²) < 4.78 is 6.05. The molecule has 1 heterocycles. The van der Waals surface area contributed by atoms with Crippen LogP contribution in [0, 0.1) is 5.92 Å². The molecule has 0 aromatic rings. The Kier molecular flexibility index (Phi) is 4.60. The number of rotatable bonds is 5. The summed E-state index contributed by atoms with van der Waals surface area (Å²) in [6.07, 6.45) is 5.38. The van der Waals surface area contributed by atoms with Crippen molar-refractivity contribution in [3.8, 4) is 0 Å². The minimum Gasteiger partial charge on any atom is -0.372 e. The van der Waals surface area contributed by atoms with Crippen LogP contribution in [-0.2, 0) is 4.74 Å². The molecule has 1 rings (SSSR count). The van der Waals surface area contributed by atoms with Crippen molar-refractivity contribution in [1.29, 1.82) is 0 Å². The zero-order valence-corrected chi connectivity index (χ0v) is 11.0. The highest BCUT2D eigenvalue weighted by Gasteiger charge is 2.33. The van der Waals surface area contributed by atoms with E-state index in [-0.39, 0.29) is 5.60 Å². The average molecular weight is 213 g/mol. The Morgan fingerprint density at radius 1 is 1.47 bits per heavy atom. The summed E-state index contributed by atoms with van der Waals surface area (Å²) in [6, 6.07) is 0.599. The summed E-state index contributed by atoms with van der Waals surface area (Å²) in [5, 5.41) is 3.36. The van der Waals surface area contributed by atoms with Gasteiger partial charge in [0.15, 0.2) is 0 Å². The molecule has 2 nitrogen and oxygen atoms in total. The van der Waals surface area contributed by atoms with Gasteiger partial charge in [-0.25, -0.2) is 0 Å². The van der Waals surface area contributed by atoms with Crippen molar-refractivity contribution in [3.05, 3.63) is 0 Å². The van der Waals surface area contributed by atoms with Crippen LogP contribution in [0.15, 0.2) is 0 Å². The van der Waals surface area contributed by atoms with Gasteiger partial charge in [0.25, 0.3) is 0 Å². The topological polar surface area (TPSA) is 21.3 Å². The molecule has 1 aliphatic heterocycles. The third-order valence-corrected chi connectivity index (χ3v) is 3.81. The van der Waals surface area contributed by atoms with Crippen molar-refractivity contribution in [2.24, 2.45) is 5.92 Å². The first kappa shape index (κ1) is 13.0. The van der Waals surface area contributed by atoms with E-state index in [1.165, 1.54) is 25.7 Å². The zero-order chi connectivity index (χ0) is 11.5. The molecule has 0 aliphatic carbocycles. The summed E-state index contributed by atoms with van der Waals surface area (Å²) in [6.45, 7) is 8.96. The summed E-state index contributed by atoms with van der Waals surface area (Å²) in [7, 11) is 2.05. The van der Waals surface area contributed by atoms with Crippen LogP contribution in [0.5, 0.6) is 0 Å². The highest BCUT2D eigenvalue weighted by molar-refractivity contribution is 4.83. The van der Waals surface area contributed by atoms with E-state index in [9.17, 15) is 0 Å². The van der Waals surface area contributed by atoms with Gasteiger partial charge in [0.05, 0.1) is 11.7 Å². The van der Waals surface area contributed by atoms with Crippen LogP contribution >= 0.6 is 0 Å². The van der Waals surface area contributed by atoms with Crippen molar-refractivity contribution < 1.29 is 4.74 Å². The minimum absolute atomic E-state index is 0.117. The summed E-state index contributed by atoms with van der Waals surface area (Å²) >= 11 is 0. The van der Waals surface area contributed by atoms with Crippen LogP contribution in [0.4, 0.5) is 0 Å². The third kappa shape index (κ3) is 3.76. The number of nitrogens with one attached hydrogen (secondary N) is 1. The summed E-state index contributed by atoms with van der Waals surface area (Å²) in [5.74, 6) is 0.744. The van der Waals surface area contributed by atoms with Gasteiger partial charge in [0.1, 0.15) is 0 Å². The van der Waals surface area contributed by atoms with Gasteiger partial charge >= 0.3 is 0 Å². The molecule has 0 bridgehead atoms. The van der Waals surface area contributed by atoms with Crippen LogP contribution in [0.2, 0.25) is 0 Å². The van der Waals surface area contributed by atoms with E-state index < -0.39 is 0 Å². The lowest BCUT2D eigenvalue weighted by molar-refractivity contribution is -0.0264. The second-order valence-corrected chi connectivity index (χ2v) is 5.52. The van der Waals surface area contributed by atoms with Gasteiger partial charge in [0.2, 0.25) is 0 Å². The molecule has 90 valence electrons. The minimum atomic E-state index is 0.117. The number of hydrogen-bond donors (Lipinski definition) is 1. The molecule has 1 saturated heterocycles. The molecule has 0 spiro atoms. The quantitative estimate of drug-likeness (QED) is 0.758. The molecule has 0 saturated carbocycles. The van der Waals surface area contributed by atoms with E-state index >= 15 is 0 Å². The van der Waals surface area contributed by atoms with Crippen molar-refractivity contribution in [2.75, 3.05) is 7.05 Å². The van der Waals surface area contributed by atoms with Gasteiger partial charge in [-0.15, -0.1) is 0 Å². The predicted molar refractivity (Wildman–Crippen MR) is 65.1 cm³/mol. The van der Waals surface area contributed by atoms with E-state index in [0.29, 0.717) is 12.1 Å². The Morgan fingerprint density at radius 3 is 2.53 bits per heavy atom. The fourth-order valence-electron chi connectivity index (χ4n) is 2.54. The van der Waals surface area contributed by atoms with Gasteiger partial charge in [-0.2, -0.15) is 0 Å². The third-order valence-electron chi connectivity index (χ3n) is 3.81. The first-order valence-corrected chi connectivity index (χ1v) is 6.33. The largest absolute Gasteiger partial charge is 0.372 e. The lowest BCUT2D eigenvalue weighted by Gasteiger charge is -2.26. The van der Waals surface area contributed by atoms with Crippen molar-refractivity contribution in [1.82, 2.24) is 5.32 Å². The Labute approximate surface area is 94.8 Å². The highest BCUT2D eigenvalue weighted by atomic mass is 16.5. The smallest absolute Gasteiger partial charge is 0.0631 e. The first-order valence-electron chi connectivity index (χ1n) is 6.33. The summed E-state index contributed by atoms with van der Waals surface area (Å²) in [5.41, 5.74) is 0.117. The van der Waals surface area contributed by atoms with Crippen LogP contribution < -0.4 is 5.32 Å². The maximum Gasteiger partial charge on any atom is 0.0631 e. The Bertz CT molecular complexity index is 191. The molecule has 3 unspecified atom stereocenters. The molecule has 0 aromatic carbocycles. The standard InChI is InChI=1S/C13H27NO/c1-6-11(10(2)14-5)9-12-7-8-13(3,4)15-12/h10-12,14H,6-9H2,1-5H3. The Hall–Kier alpha value is -0.0800. The maximum atomic E-state index is 6.05. The SMILES string of the molecule is CCC(CC1CCC(C)(C)O1)C(C)NC. The van der Waals surface area contributed by atoms with Gasteiger partial charge in [-0.1, -0.05) is 13.3 Å². The Morgan fingerprint density at radius 2 is 2.13 bits per heavy atom. The van der Waals surface area contributed by atoms with Crippen molar-refractivity contribution in [3.63, 3.8) is 0 Å². The molecule has 15 heavy (non-hydrogen) atoms. The number of ether oxygens (including phenoxy) is 1. The molecular weight excluding hydrogens is 186 g/mol. The molecule has 1 fully saturated rings. The van der Waals surface area contributed by atoms with Crippen LogP contribution in [-0.4, -0.2) is 24.8 Å². The van der Waals surface area contributed by atoms with Crippen molar-refractivity contribution >= 4 is 0 Å². The fourth-order valence-corrected chi connectivity index (χ4v) is 2.54. The highest BCUT2D eigenvalue weighted by Crippen LogP contribution is 2.33. The average Bonchev–Trinajstić information content (AvgIpc) is 2.53. The Balaban J connectivity index is 2.40. The molecule has 1 N–H and O–H groups in total. The zero-order valence-electron chi connectivity index (χ0n) is 11.0. The second kappa shape index (κ2) is 5.31. The van der Waals surface area contributed by atoms with Crippen molar-refractivity contribution in [2.45, 2.75) is 71.1 Å². The lowest BCUT2D eigenvalue weighted by atomic mass is 9.91. The predicted octanol–water partition coefficient (Wildman–Crippen LogP) is 2.97. The molecule has 0 amide bonds.